The molecule has 0 aliphatic carbocycles. The lowest BCUT2D eigenvalue weighted by atomic mass is 10.1. The molecule has 0 spiro atoms. The fourth-order valence-corrected chi connectivity index (χ4v) is 2.85. The van der Waals surface area contributed by atoms with E-state index in [4.69, 9.17) is 0 Å². The van der Waals surface area contributed by atoms with Gasteiger partial charge in [-0.15, -0.1) is 0 Å². The third-order valence-corrected chi connectivity index (χ3v) is 4.53. The molecule has 28 heavy (non-hydrogen) atoms. The molecule has 4 rings (SSSR count). The summed E-state index contributed by atoms with van der Waals surface area (Å²) in [5.41, 5.74) is 4.52. The van der Waals surface area contributed by atoms with Gasteiger partial charge in [0.15, 0.2) is 0 Å². The number of imidazole rings is 1. The van der Waals surface area contributed by atoms with Crippen LogP contribution in [-0.4, -0.2) is 33.0 Å². The second-order valence-electron chi connectivity index (χ2n) is 6.45. The summed E-state index contributed by atoms with van der Waals surface area (Å²) >= 11 is 0. The SMILES string of the molecule is CNc1ccc(-c2nc3cc(NC(=O)c4ccc(C)c(O)c4)ncc3[nH]2)cc1. The fraction of sp³-hybridized carbons (Fsp3) is 0.0952. The molecule has 140 valence electrons. The summed E-state index contributed by atoms with van der Waals surface area (Å²) in [6.45, 7) is 1.77. The number of benzene rings is 2. The number of carbonyl (C=O) groups is 1. The highest BCUT2D eigenvalue weighted by atomic mass is 16.3. The van der Waals surface area contributed by atoms with Gasteiger partial charge in [0.25, 0.3) is 5.91 Å². The van der Waals surface area contributed by atoms with Crippen molar-refractivity contribution < 1.29 is 9.90 Å². The zero-order valence-corrected chi connectivity index (χ0v) is 15.4. The molecule has 1 amide bonds. The van der Waals surface area contributed by atoms with Crippen LogP contribution in [0.2, 0.25) is 0 Å². The number of hydrogen-bond acceptors (Lipinski definition) is 5. The van der Waals surface area contributed by atoms with E-state index in [1.54, 1.807) is 31.3 Å². The number of amides is 1. The van der Waals surface area contributed by atoms with Crippen LogP contribution in [0.15, 0.2) is 54.7 Å². The van der Waals surface area contributed by atoms with Crippen molar-refractivity contribution in [1.29, 1.82) is 0 Å². The van der Waals surface area contributed by atoms with Crippen molar-refractivity contribution >= 4 is 28.4 Å². The first-order valence-corrected chi connectivity index (χ1v) is 8.78. The number of pyridine rings is 1. The highest BCUT2D eigenvalue weighted by Gasteiger charge is 2.11. The number of aromatic nitrogens is 3. The molecular formula is C21H19N5O2. The Morgan fingerprint density at radius 2 is 1.89 bits per heavy atom. The van der Waals surface area contributed by atoms with E-state index in [0.29, 0.717) is 22.5 Å². The molecule has 0 unspecified atom stereocenters. The monoisotopic (exact) mass is 373 g/mol. The Kier molecular flexibility index (Phi) is 4.41. The molecule has 4 aromatic rings. The summed E-state index contributed by atoms with van der Waals surface area (Å²) in [6, 6.07) is 14.4. The number of nitrogens with one attached hydrogen (secondary N) is 3. The molecule has 0 aliphatic rings. The molecule has 0 atom stereocenters. The lowest BCUT2D eigenvalue weighted by Crippen LogP contribution is -2.12. The summed E-state index contributed by atoms with van der Waals surface area (Å²) in [4.78, 5) is 24.5. The average molecular weight is 373 g/mol. The molecule has 0 radical (unpaired) electrons. The van der Waals surface area contributed by atoms with E-state index >= 15 is 0 Å². The van der Waals surface area contributed by atoms with Crippen LogP contribution < -0.4 is 10.6 Å². The van der Waals surface area contributed by atoms with Crippen LogP contribution >= 0.6 is 0 Å². The number of H-pyrrole nitrogens is 1. The average Bonchev–Trinajstić information content (AvgIpc) is 3.13. The van der Waals surface area contributed by atoms with Gasteiger partial charge in [0.2, 0.25) is 0 Å². The topological polar surface area (TPSA) is 103 Å². The van der Waals surface area contributed by atoms with Gasteiger partial charge < -0.3 is 20.7 Å². The van der Waals surface area contributed by atoms with Crippen LogP contribution in [0.25, 0.3) is 22.4 Å². The normalized spacial score (nSPS) is 10.8. The van der Waals surface area contributed by atoms with Crippen molar-refractivity contribution in [3.63, 3.8) is 0 Å². The molecule has 0 fully saturated rings. The maximum absolute atomic E-state index is 12.4. The molecule has 4 N–H and O–H groups in total. The molecule has 0 bridgehead atoms. The van der Waals surface area contributed by atoms with Crippen molar-refractivity contribution in [2.75, 3.05) is 17.7 Å². The number of phenols is 1. The summed E-state index contributed by atoms with van der Waals surface area (Å²) in [7, 11) is 1.87. The molecule has 2 aromatic heterocycles. The Balaban J connectivity index is 1.58. The van der Waals surface area contributed by atoms with Gasteiger partial charge in [-0.25, -0.2) is 9.97 Å². The van der Waals surface area contributed by atoms with Gasteiger partial charge >= 0.3 is 0 Å². The first kappa shape index (κ1) is 17.5. The van der Waals surface area contributed by atoms with Gasteiger partial charge in [-0.3, -0.25) is 4.79 Å². The maximum atomic E-state index is 12.4. The smallest absolute Gasteiger partial charge is 0.256 e. The number of anilines is 2. The molecule has 0 aliphatic heterocycles. The number of aromatic amines is 1. The summed E-state index contributed by atoms with van der Waals surface area (Å²) in [5, 5.41) is 15.6. The molecule has 0 saturated carbocycles. The van der Waals surface area contributed by atoms with E-state index in [0.717, 1.165) is 22.6 Å². The number of nitrogens with zero attached hydrogens (tertiary/aromatic N) is 2. The van der Waals surface area contributed by atoms with Crippen molar-refractivity contribution in [3.05, 3.63) is 65.9 Å². The third-order valence-electron chi connectivity index (χ3n) is 4.53. The van der Waals surface area contributed by atoms with E-state index in [2.05, 4.69) is 25.6 Å². The summed E-state index contributed by atoms with van der Waals surface area (Å²) < 4.78 is 0. The van der Waals surface area contributed by atoms with Crippen molar-refractivity contribution in [3.8, 4) is 17.1 Å². The summed E-state index contributed by atoms with van der Waals surface area (Å²) in [5.74, 6) is 0.852. The second-order valence-corrected chi connectivity index (χ2v) is 6.45. The minimum absolute atomic E-state index is 0.0808. The Morgan fingerprint density at radius 1 is 1.11 bits per heavy atom. The number of rotatable bonds is 4. The van der Waals surface area contributed by atoms with Crippen molar-refractivity contribution in [2.45, 2.75) is 6.92 Å². The molecule has 7 nitrogen and oxygen atoms in total. The predicted molar refractivity (Wildman–Crippen MR) is 110 cm³/mol. The lowest BCUT2D eigenvalue weighted by Gasteiger charge is -2.06. The number of carbonyl (C=O) groups excluding carboxylic acids is 1. The Hall–Kier alpha value is -3.87. The number of aryl methyl sites for hydroxylation is 1. The zero-order valence-electron chi connectivity index (χ0n) is 15.4. The van der Waals surface area contributed by atoms with Gasteiger partial charge in [-0.05, 0) is 48.9 Å². The van der Waals surface area contributed by atoms with Crippen LogP contribution in [0.1, 0.15) is 15.9 Å². The van der Waals surface area contributed by atoms with E-state index in [9.17, 15) is 9.90 Å². The molecule has 0 saturated heterocycles. The molecule has 2 aromatic carbocycles. The summed E-state index contributed by atoms with van der Waals surface area (Å²) in [6.07, 6.45) is 1.63. The predicted octanol–water partition coefficient (Wildman–Crippen LogP) is 3.93. The number of aromatic hydroxyl groups is 1. The fourth-order valence-electron chi connectivity index (χ4n) is 2.85. The lowest BCUT2D eigenvalue weighted by molar-refractivity contribution is 0.102. The van der Waals surface area contributed by atoms with Gasteiger partial charge in [-0.1, -0.05) is 6.07 Å². The van der Waals surface area contributed by atoms with Crippen molar-refractivity contribution in [1.82, 2.24) is 15.0 Å². The number of hydrogen-bond donors (Lipinski definition) is 4. The van der Waals surface area contributed by atoms with Crippen LogP contribution in [-0.2, 0) is 0 Å². The van der Waals surface area contributed by atoms with Crippen LogP contribution in [0, 0.1) is 6.92 Å². The third kappa shape index (κ3) is 3.37. The Bertz CT molecular complexity index is 1170. The quantitative estimate of drug-likeness (QED) is 0.434. The Labute approximate surface area is 161 Å². The van der Waals surface area contributed by atoms with Gasteiger partial charge in [0, 0.05) is 29.9 Å². The van der Waals surface area contributed by atoms with E-state index in [-0.39, 0.29) is 11.7 Å². The number of fused-ring (bicyclic) bond motifs is 1. The van der Waals surface area contributed by atoms with Crippen LogP contribution in [0.5, 0.6) is 5.75 Å². The first-order valence-electron chi connectivity index (χ1n) is 8.78. The Morgan fingerprint density at radius 3 is 2.61 bits per heavy atom. The first-order chi connectivity index (χ1) is 13.5. The zero-order chi connectivity index (χ0) is 19.7. The van der Waals surface area contributed by atoms with E-state index in [1.165, 1.54) is 6.07 Å². The van der Waals surface area contributed by atoms with Gasteiger partial charge in [0.05, 0.1) is 17.2 Å². The van der Waals surface area contributed by atoms with Gasteiger partial charge in [-0.2, -0.15) is 0 Å². The van der Waals surface area contributed by atoms with Crippen LogP contribution in [0.4, 0.5) is 11.5 Å². The molecular weight excluding hydrogens is 354 g/mol. The molecule has 2 heterocycles. The highest BCUT2D eigenvalue weighted by Crippen LogP contribution is 2.23. The number of phenolic OH excluding ortho intramolecular Hbond substituents is 1. The molecule has 7 heteroatoms. The van der Waals surface area contributed by atoms with Crippen LogP contribution in [0.3, 0.4) is 0 Å². The van der Waals surface area contributed by atoms with Gasteiger partial charge in [0.1, 0.15) is 17.4 Å². The second kappa shape index (κ2) is 7.03. The van der Waals surface area contributed by atoms with E-state index < -0.39 is 0 Å². The largest absolute Gasteiger partial charge is 0.508 e. The van der Waals surface area contributed by atoms with Crippen molar-refractivity contribution in [2.24, 2.45) is 0 Å². The standard InChI is InChI=1S/C21H19N5O2/c1-12-3-4-14(9-18(12)27)21(28)26-19-10-16-17(11-23-19)25-20(24-16)13-5-7-15(22-2)8-6-13/h3-11,22,27H,1-2H3,(H,24,25)(H,23,26,28). The minimum atomic E-state index is -0.347. The maximum Gasteiger partial charge on any atom is 0.256 e. The van der Waals surface area contributed by atoms with E-state index in [1.807, 2.05) is 31.3 Å². The minimum Gasteiger partial charge on any atom is -0.508 e. The highest BCUT2D eigenvalue weighted by molar-refractivity contribution is 6.04.